The van der Waals surface area contributed by atoms with Crippen LogP contribution in [0.4, 0.5) is 6.01 Å². The number of nitrogen functional groups attached to an aromatic ring is 1. The molecule has 0 saturated heterocycles. The van der Waals surface area contributed by atoms with E-state index in [0.717, 1.165) is 11.3 Å². The molecular formula is C10H11N3O2. The maximum absolute atomic E-state index is 5.33. The molecule has 2 rings (SSSR count). The summed E-state index contributed by atoms with van der Waals surface area (Å²) in [5.74, 6) is 1.30. The number of nitrogens with zero attached hydrogens (tertiary/aromatic N) is 2. The number of hydrogen-bond acceptors (Lipinski definition) is 5. The summed E-state index contributed by atoms with van der Waals surface area (Å²) >= 11 is 0. The fourth-order valence-electron chi connectivity index (χ4n) is 1.22. The van der Waals surface area contributed by atoms with Crippen molar-refractivity contribution < 1.29 is 9.26 Å². The number of nitrogens with two attached hydrogens (primary N) is 1. The summed E-state index contributed by atoms with van der Waals surface area (Å²) in [5, 5.41) is 3.71. The normalized spacial score (nSPS) is 10.2. The Bertz CT molecular complexity index is 436. The summed E-state index contributed by atoms with van der Waals surface area (Å²) in [4.78, 5) is 3.92. The van der Waals surface area contributed by atoms with E-state index >= 15 is 0 Å². The molecule has 78 valence electrons. The average Bonchev–Trinajstić information content (AvgIpc) is 2.67. The Hall–Kier alpha value is -2.04. The minimum Gasteiger partial charge on any atom is -0.494 e. The van der Waals surface area contributed by atoms with Crippen LogP contribution in [-0.4, -0.2) is 16.7 Å². The standard InChI is InChI=1S/C10H11N3O2/c1-2-14-8-5-3-7(4-6-8)9-12-10(11)15-13-9/h3-6H,2H2,1H3,(H2,11,12,13). The molecule has 0 amide bonds. The molecule has 5 heteroatoms. The van der Waals surface area contributed by atoms with Gasteiger partial charge in [0.15, 0.2) is 0 Å². The van der Waals surface area contributed by atoms with Crippen molar-refractivity contribution in [3.63, 3.8) is 0 Å². The number of ether oxygens (including phenoxy) is 1. The van der Waals surface area contributed by atoms with Crippen molar-refractivity contribution in [1.29, 1.82) is 0 Å². The quantitative estimate of drug-likeness (QED) is 0.825. The predicted octanol–water partition coefficient (Wildman–Crippen LogP) is 1.72. The van der Waals surface area contributed by atoms with Crippen LogP contribution < -0.4 is 10.5 Å². The number of rotatable bonds is 3. The second-order valence-corrected chi connectivity index (χ2v) is 2.91. The molecule has 0 aliphatic heterocycles. The van der Waals surface area contributed by atoms with Gasteiger partial charge in [0.2, 0.25) is 5.82 Å². The zero-order valence-electron chi connectivity index (χ0n) is 8.30. The SMILES string of the molecule is CCOc1ccc(-c2noc(N)n2)cc1. The third kappa shape index (κ3) is 2.07. The molecular weight excluding hydrogens is 194 g/mol. The van der Waals surface area contributed by atoms with Gasteiger partial charge in [-0.2, -0.15) is 4.98 Å². The first-order valence-electron chi connectivity index (χ1n) is 4.62. The zero-order valence-corrected chi connectivity index (χ0v) is 8.30. The van der Waals surface area contributed by atoms with Gasteiger partial charge in [0.1, 0.15) is 5.75 Å². The predicted molar refractivity (Wildman–Crippen MR) is 55.3 cm³/mol. The Morgan fingerprint density at radius 2 is 2.07 bits per heavy atom. The average molecular weight is 205 g/mol. The molecule has 0 aliphatic carbocycles. The van der Waals surface area contributed by atoms with E-state index in [-0.39, 0.29) is 6.01 Å². The molecule has 0 fully saturated rings. The molecule has 0 bridgehead atoms. The first-order valence-corrected chi connectivity index (χ1v) is 4.62. The molecule has 0 saturated carbocycles. The lowest BCUT2D eigenvalue weighted by Gasteiger charge is -2.02. The Labute approximate surface area is 86.9 Å². The van der Waals surface area contributed by atoms with Gasteiger partial charge in [-0.25, -0.2) is 0 Å². The maximum Gasteiger partial charge on any atom is 0.319 e. The van der Waals surface area contributed by atoms with Crippen LogP contribution in [0.3, 0.4) is 0 Å². The monoisotopic (exact) mass is 205 g/mol. The fraction of sp³-hybridized carbons (Fsp3) is 0.200. The van der Waals surface area contributed by atoms with Gasteiger partial charge in [0.25, 0.3) is 0 Å². The Morgan fingerprint density at radius 1 is 1.33 bits per heavy atom. The maximum atomic E-state index is 5.33. The summed E-state index contributed by atoms with van der Waals surface area (Å²) in [6.07, 6.45) is 0. The number of anilines is 1. The van der Waals surface area contributed by atoms with Gasteiger partial charge in [-0.15, -0.1) is 0 Å². The van der Waals surface area contributed by atoms with Crippen LogP contribution in [-0.2, 0) is 0 Å². The van der Waals surface area contributed by atoms with E-state index in [4.69, 9.17) is 10.5 Å². The van der Waals surface area contributed by atoms with Crippen LogP contribution >= 0.6 is 0 Å². The van der Waals surface area contributed by atoms with Gasteiger partial charge in [-0.3, -0.25) is 0 Å². The van der Waals surface area contributed by atoms with Crippen LogP contribution in [0.15, 0.2) is 28.8 Å². The van der Waals surface area contributed by atoms with E-state index in [1.807, 2.05) is 31.2 Å². The summed E-state index contributed by atoms with van der Waals surface area (Å²) in [6.45, 7) is 2.59. The van der Waals surface area contributed by atoms with E-state index in [1.165, 1.54) is 0 Å². The van der Waals surface area contributed by atoms with Crippen LogP contribution in [0.25, 0.3) is 11.4 Å². The molecule has 2 aromatic rings. The highest BCUT2D eigenvalue weighted by molar-refractivity contribution is 5.56. The van der Waals surface area contributed by atoms with Crippen molar-refractivity contribution >= 4 is 6.01 Å². The largest absolute Gasteiger partial charge is 0.494 e. The molecule has 0 unspecified atom stereocenters. The molecule has 0 aliphatic rings. The lowest BCUT2D eigenvalue weighted by molar-refractivity contribution is 0.340. The lowest BCUT2D eigenvalue weighted by atomic mass is 10.2. The molecule has 0 atom stereocenters. The first-order chi connectivity index (χ1) is 7.29. The van der Waals surface area contributed by atoms with Crippen molar-refractivity contribution in [3.05, 3.63) is 24.3 Å². The van der Waals surface area contributed by atoms with Gasteiger partial charge < -0.3 is 15.0 Å². The Kier molecular flexibility index (Phi) is 2.53. The van der Waals surface area contributed by atoms with Gasteiger partial charge in [-0.1, -0.05) is 5.16 Å². The molecule has 1 aromatic heterocycles. The van der Waals surface area contributed by atoms with Crippen LogP contribution in [0, 0.1) is 0 Å². The van der Waals surface area contributed by atoms with Crippen LogP contribution in [0.2, 0.25) is 0 Å². The molecule has 1 heterocycles. The minimum atomic E-state index is 0.0684. The smallest absolute Gasteiger partial charge is 0.319 e. The lowest BCUT2D eigenvalue weighted by Crippen LogP contribution is -1.91. The molecule has 5 nitrogen and oxygen atoms in total. The third-order valence-corrected chi connectivity index (χ3v) is 1.87. The minimum absolute atomic E-state index is 0.0684. The van der Waals surface area contributed by atoms with E-state index < -0.39 is 0 Å². The molecule has 0 spiro atoms. The van der Waals surface area contributed by atoms with Crippen molar-refractivity contribution in [3.8, 4) is 17.1 Å². The Morgan fingerprint density at radius 3 is 2.60 bits per heavy atom. The molecule has 15 heavy (non-hydrogen) atoms. The fourth-order valence-corrected chi connectivity index (χ4v) is 1.22. The van der Waals surface area contributed by atoms with Crippen molar-refractivity contribution in [1.82, 2.24) is 10.1 Å². The van der Waals surface area contributed by atoms with Crippen molar-refractivity contribution in [2.45, 2.75) is 6.92 Å². The summed E-state index contributed by atoms with van der Waals surface area (Å²) in [7, 11) is 0. The van der Waals surface area contributed by atoms with E-state index in [9.17, 15) is 0 Å². The molecule has 1 aromatic carbocycles. The van der Waals surface area contributed by atoms with E-state index in [1.54, 1.807) is 0 Å². The second-order valence-electron chi connectivity index (χ2n) is 2.91. The summed E-state index contributed by atoms with van der Waals surface area (Å²) in [6, 6.07) is 7.49. The van der Waals surface area contributed by atoms with Gasteiger partial charge >= 0.3 is 6.01 Å². The number of hydrogen-bond donors (Lipinski definition) is 1. The van der Waals surface area contributed by atoms with Crippen LogP contribution in [0.1, 0.15) is 6.92 Å². The number of aromatic nitrogens is 2. The topological polar surface area (TPSA) is 74.2 Å². The molecule has 0 radical (unpaired) electrons. The Balaban J connectivity index is 2.23. The number of benzene rings is 1. The van der Waals surface area contributed by atoms with Gasteiger partial charge in [-0.05, 0) is 31.2 Å². The molecule has 2 N–H and O–H groups in total. The summed E-state index contributed by atoms with van der Waals surface area (Å²) < 4.78 is 10.00. The highest BCUT2D eigenvalue weighted by atomic mass is 16.5. The van der Waals surface area contributed by atoms with Gasteiger partial charge in [0, 0.05) is 5.56 Å². The summed E-state index contributed by atoms with van der Waals surface area (Å²) in [5.41, 5.74) is 6.17. The zero-order chi connectivity index (χ0) is 10.7. The first kappa shape index (κ1) is 9.51. The van der Waals surface area contributed by atoms with E-state index in [0.29, 0.717) is 12.4 Å². The highest BCUT2D eigenvalue weighted by Crippen LogP contribution is 2.20. The van der Waals surface area contributed by atoms with Gasteiger partial charge in [0.05, 0.1) is 6.61 Å². The van der Waals surface area contributed by atoms with Crippen molar-refractivity contribution in [2.24, 2.45) is 0 Å². The van der Waals surface area contributed by atoms with Crippen LogP contribution in [0.5, 0.6) is 5.75 Å². The van der Waals surface area contributed by atoms with Crippen molar-refractivity contribution in [2.75, 3.05) is 12.3 Å². The highest BCUT2D eigenvalue weighted by Gasteiger charge is 2.05. The third-order valence-electron chi connectivity index (χ3n) is 1.87. The van der Waals surface area contributed by atoms with E-state index in [2.05, 4.69) is 14.7 Å². The second kappa shape index (κ2) is 4.00.